The largest absolute Gasteiger partial charge is 0.453 e. The minimum atomic E-state index is -3.13. The standard InChI is InChI=1S/C32H46F2N4O6/c1-30(2,3)25(37-29(43)44-5)28(42)38-20-32(15-10-7-11-16-32)18-23(38)26(40)36-22(14-17-31(4,33)34)24(39)27(41)35-19-21-12-8-6-9-13-21/h6,8-9,12-13,22-23,25H,7,10-11,14-20H2,1-5H3,(H,35,41)(H,36,40)(H,37,43)/t22-,23-,25+/m0/s1. The van der Waals surface area contributed by atoms with E-state index in [1.54, 1.807) is 51.1 Å². The number of carbonyl (C=O) groups is 5. The molecule has 44 heavy (non-hydrogen) atoms. The van der Waals surface area contributed by atoms with Gasteiger partial charge in [0.1, 0.15) is 12.1 Å². The van der Waals surface area contributed by atoms with Crippen LogP contribution in [0.15, 0.2) is 30.3 Å². The SMILES string of the molecule is COC(=O)N[C@H](C(=O)N1CC2(CCCCC2)C[C@H]1C(=O)N[C@@H](CCC(C)(F)F)C(=O)C(=O)NCc1ccccc1)C(C)(C)C. The number of benzene rings is 1. The first-order chi connectivity index (χ1) is 20.5. The Kier molecular flexibility index (Phi) is 11.5. The molecule has 1 aromatic carbocycles. The molecule has 10 nitrogen and oxygen atoms in total. The highest BCUT2D eigenvalue weighted by Crippen LogP contribution is 2.47. The number of halogens is 2. The summed E-state index contributed by atoms with van der Waals surface area (Å²) in [4.78, 5) is 67.6. The number of methoxy groups -OCH3 is 1. The minimum Gasteiger partial charge on any atom is -0.453 e. The quantitative estimate of drug-likeness (QED) is 0.319. The number of Topliss-reactive ketones (excluding diaryl/α,β-unsaturated/α-hetero) is 1. The van der Waals surface area contributed by atoms with Crippen LogP contribution in [-0.2, 0) is 30.5 Å². The number of hydrogen-bond acceptors (Lipinski definition) is 6. The van der Waals surface area contributed by atoms with E-state index in [1.165, 1.54) is 12.0 Å². The summed E-state index contributed by atoms with van der Waals surface area (Å²) in [6.45, 7) is 6.37. The van der Waals surface area contributed by atoms with Crippen LogP contribution in [0.4, 0.5) is 13.6 Å². The second-order valence-electron chi connectivity index (χ2n) is 13.4. The number of hydrogen-bond donors (Lipinski definition) is 3. The Morgan fingerprint density at radius 2 is 1.64 bits per heavy atom. The third-order valence-corrected chi connectivity index (χ3v) is 8.59. The first-order valence-electron chi connectivity index (χ1n) is 15.2. The van der Waals surface area contributed by atoms with Gasteiger partial charge in [0.25, 0.3) is 5.91 Å². The lowest BCUT2D eigenvalue weighted by Gasteiger charge is -2.36. The van der Waals surface area contributed by atoms with Crippen molar-refractivity contribution in [2.75, 3.05) is 13.7 Å². The highest BCUT2D eigenvalue weighted by atomic mass is 19.3. The first-order valence-corrected chi connectivity index (χ1v) is 15.2. The van der Waals surface area contributed by atoms with Crippen LogP contribution >= 0.6 is 0 Å². The smallest absolute Gasteiger partial charge is 0.407 e. The minimum absolute atomic E-state index is 0.0465. The number of carbonyl (C=O) groups excluding carboxylic acids is 5. The van der Waals surface area contributed by atoms with Gasteiger partial charge < -0.3 is 25.6 Å². The van der Waals surface area contributed by atoms with E-state index in [0.717, 1.165) is 37.7 Å². The lowest BCUT2D eigenvalue weighted by atomic mass is 9.72. The molecule has 3 atom stereocenters. The normalized spacial score (nSPS) is 19.5. The molecule has 1 aliphatic heterocycles. The molecule has 244 valence electrons. The molecule has 0 unspecified atom stereocenters. The lowest BCUT2D eigenvalue weighted by Crippen LogP contribution is -2.59. The van der Waals surface area contributed by atoms with E-state index in [2.05, 4.69) is 16.0 Å². The van der Waals surface area contributed by atoms with Crippen molar-refractivity contribution in [2.24, 2.45) is 10.8 Å². The molecule has 4 amide bonds. The topological polar surface area (TPSA) is 134 Å². The third kappa shape index (κ3) is 9.46. The van der Waals surface area contributed by atoms with Crippen molar-refractivity contribution < 1.29 is 37.5 Å². The Balaban J connectivity index is 1.86. The average molecular weight is 621 g/mol. The molecule has 2 aliphatic rings. The summed E-state index contributed by atoms with van der Waals surface area (Å²) in [7, 11) is 1.19. The monoisotopic (exact) mass is 620 g/mol. The van der Waals surface area contributed by atoms with E-state index in [-0.39, 0.29) is 18.5 Å². The van der Waals surface area contributed by atoms with Crippen LogP contribution in [0.3, 0.4) is 0 Å². The van der Waals surface area contributed by atoms with Gasteiger partial charge in [-0.3, -0.25) is 19.2 Å². The van der Waals surface area contributed by atoms with E-state index < -0.39 is 71.9 Å². The summed E-state index contributed by atoms with van der Waals surface area (Å²) in [6.07, 6.45) is 2.86. The van der Waals surface area contributed by atoms with Crippen molar-refractivity contribution in [1.29, 1.82) is 0 Å². The number of likely N-dealkylation sites (tertiary alicyclic amines) is 1. The van der Waals surface area contributed by atoms with Crippen LogP contribution in [0.25, 0.3) is 0 Å². The van der Waals surface area contributed by atoms with Crippen LogP contribution in [0.1, 0.15) is 84.6 Å². The van der Waals surface area contributed by atoms with Gasteiger partial charge in [0, 0.05) is 19.5 Å². The van der Waals surface area contributed by atoms with Crippen LogP contribution in [-0.4, -0.2) is 72.2 Å². The fourth-order valence-corrected chi connectivity index (χ4v) is 6.14. The maximum Gasteiger partial charge on any atom is 0.407 e. The summed E-state index contributed by atoms with van der Waals surface area (Å²) in [5.74, 6) is -6.35. The van der Waals surface area contributed by atoms with Gasteiger partial charge >= 0.3 is 6.09 Å². The van der Waals surface area contributed by atoms with Crippen LogP contribution in [0.2, 0.25) is 0 Å². The number of alkyl halides is 2. The molecule has 3 N–H and O–H groups in total. The molecule has 1 aliphatic carbocycles. The second-order valence-corrected chi connectivity index (χ2v) is 13.4. The highest BCUT2D eigenvalue weighted by Gasteiger charge is 2.51. The number of ketones is 1. The number of ether oxygens (including phenoxy) is 1. The molecule has 0 aromatic heterocycles. The zero-order valence-corrected chi connectivity index (χ0v) is 26.3. The van der Waals surface area contributed by atoms with Gasteiger partial charge in [-0.1, -0.05) is 70.4 Å². The molecule has 1 saturated carbocycles. The van der Waals surface area contributed by atoms with Crippen LogP contribution in [0.5, 0.6) is 0 Å². The Labute approximate surface area is 258 Å². The van der Waals surface area contributed by atoms with Gasteiger partial charge in [0.05, 0.1) is 13.2 Å². The predicted molar refractivity (Wildman–Crippen MR) is 160 cm³/mol. The molecule has 2 fully saturated rings. The van der Waals surface area contributed by atoms with Crippen LogP contribution < -0.4 is 16.0 Å². The van der Waals surface area contributed by atoms with E-state index in [1.807, 2.05) is 0 Å². The number of nitrogens with zero attached hydrogens (tertiary/aromatic N) is 1. The highest BCUT2D eigenvalue weighted by molar-refractivity contribution is 6.38. The van der Waals surface area contributed by atoms with Crippen molar-refractivity contribution in [2.45, 2.75) is 110 Å². The summed E-state index contributed by atoms with van der Waals surface area (Å²) >= 11 is 0. The Hall–Kier alpha value is -3.57. The number of alkyl carbamates (subject to hydrolysis) is 1. The fraction of sp³-hybridized carbons (Fsp3) is 0.656. The Bertz CT molecular complexity index is 1190. The molecule has 12 heteroatoms. The summed E-state index contributed by atoms with van der Waals surface area (Å²) in [5, 5.41) is 7.66. The molecule has 1 spiro atoms. The average Bonchev–Trinajstić information content (AvgIpc) is 3.34. The second kappa shape index (κ2) is 14.5. The van der Waals surface area contributed by atoms with Crippen molar-refractivity contribution in [3.05, 3.63) is 35.9 Å². The molecule has 1 heterocycles. The van der Waals surface area contributed by atoms with Gasteiger partial charge in [-0.25, -0.2) is 13.6 Å². The van der Waals surface area contributed by atoms with E-state index in [9.17, 15) is 32.8 Å². The van der Waals surface area contributed by atoms with Gasteiger partial charge in [-0.15, -0.1) is 0 Å². The molecule has 1 saturated heterocycles. The molecular formula is C32H46F2N4O6. The zero-order chi connectivity index (χ0) is 32.7. The molecular weight excluding hydrogens is 574 g/mol. The van der Waals surface area contributed by atoms with Gasteiger partial charge in [-0.2, -0.15) is 0 Å². The third-order valence-electron chi connectivity index (χ3n) is 8.59. The maximum absolute atomic E-state index is 14.0. The number of amides is 4. The maximum atomic E-state index is 14.0. The zero-order valence-electron chi connectivity index (χ0n) is 26.3. The van der Waals surface area contributed by atoms with E-state index in [0.29, 0.717) is 13.3 Å². The van der Waals surface area contributed by atoms with Crippen molar-refractivity contribution in [3.63, 3.8) is 0 Å². The first kappa shape index (κ1) is 34.9. The number of rotatable bonds is 11. The van der Waals surface area contributed by atoms with E-state index in [4.69, 9.17) is 4.74 Å². The molecule has 0 bridgehead atoms. The summed E-state index contributed by atoms with van der Waals surface area (Å²) < 4.78 is 32.5. The van der Waals surface area contributed by atoms with Gasteiger partial charge in [0.15, 0.2) is 0 Å². The van der Waals surface area contributed by atoms with Crippen molar-refractivity contribution >= 4 is 29.6 Å². The molecule has 3 rings (SSSR count). The molecule has 0 radical (unpaired) electrons. The van der Waals surface area contributed by atoms with Gasteiger partial charge in [0.2, 0.25) is 23.5 Å². The van der Waals surface area contributed by atoms with E-state index >= 15 is 0 Å². The Morgan fingerprint density at radius 1 is 1.00 bits per heavy atom. The summed E-state index contributed by atoms with van der Waals surface area (Å²) in [6, 6.07) is 5.30. The van der Waals surface area contributed by atoms with Crippen molar-refractivity contribution in [1.82, 2.24) is 20.9 Å². The predicted octanol–water partition coefficient (Wildman–Crippen LogP) is 4.11. The lowest BCUT2D eigenvalue weighted by molar-refractivity contribution is -0.144. The fourth-order valence-electron chi connectivity index (χ4n) is 6.14. The van der Waals surface area contributed by atoms with Crippen molar-refractivity contribution in [3.8, 4) is 0 Å². The summed E-state index contributed by atoms with van der Waals surface area (Å²) in [5.41, 5.74) is -0.329. The number of nitrogens with one attached hydrogen (secondary N) is 3. The Morgan fingerprint density at radius 3 is 2.20 bits per heavy atom. The van der Waals surface area contributed by atoms with Gasteiger partial charge in [-0.05, 0) is 49.0 Å². The van der Waals surface area contributed by atoms with Crippen LogP contribution in [0, 0.1) is 10.8 Å². The molecule has 1 aromatic rings.